The Hall–Kier alpha value is -3.55. The molecule has 0 spiro atoms. The molecular weight excluding hydrogens is 326 g/mol. The van der Waals surface area contributed by atoms with Gasteiger partial charge in [-0.2, -0.15) is 0 Å². The van der Waals surface area contributed by atoms with Crippen LogP contribution in [0.5, 0.6) is 5.75 Å². The molecule has 2 N–H and O–H groups in total. The predicted molar refractivity (Wildman–Crippen MR) is 90.1 cm³/mol. The molecule has 0 fully saturated rings. The molecule has 2 aromatic heterocycles. The molecule has 0 aliphatic rings. The summed E-state index contributed by atoms with van der Waals surface area (Å²) in [6.45, 7) is -0.0680. The maximum absolute atomic E-state index is 12.5. The van der Waals surface area contributed by atoms with Crippen LogP contribution in [0.25, 0.3) is 0 Å². The Morgan fingerprint density at radius 1 is 1.28 bits per heavy atom. The maximum Gasteiger partial charge on any atom is 0.328 e. The van der Waals surface area contributed by atoms with Crippen LogP contribution in [0.15, 0.2) is 62.9 Å². The van der Waals surface area contributed by atoms with Gasteiger partial charge in [-0.15, -0.1) is 0 Å². The van der Waals surface area contributed by atoms with Gasteiger partial charge in [-0.25, -0.2) is 4.79 Å². The van der Waals surface area contributed by atoms with Crippen LogP contribution in [0.3, 0.4) is 0 Å². The van der Waals surface area contributed by atoms with Crippen molar-refractivity contribution in [1.82, 2.24) is 9.55 Å². The third-order valence-electron chi connectivity index (χ3n) is 3.53. The molecule has 2 heterocycles. The molecule has 3 rings (SSSR count). The van der Waals surface area contributed by atoms with Gasteiger partial charge in [0.1, 0.15) is 17.1 Å². The second-order valence-corrected chi connectivity index (χ2v) is 5.16. The van der Waals surface area contributed by atoms with Gasteiger partial charge in [0, 0.05) is 18.0 Å². The van der Waals surface area contributed by atoms with Crippen molar-refractivity contribution in [2.75, 3.05) is 12.4 Å². The maximum atomic E-state index is 12.5. The van der Waals surface area contributed by atoms with Gasteiger partial charge in [0.05, 0.1) is 19.9 Å². The summed E-state index contributed by atoms with van der Waals surface area (Å²) >= 11 is 0. The van der Waals surface area contributed by atoms with E-state index in [1.54, 1.807) is 36.4 Å². The lowest BCUT2D eigenvalue weighted by atomic mass is 10.2. The van der Waals surface area contributed by atoms with Gasteiger partial charge in [-0.3, -0.25) is 14.2 Å². The molecule has 3 aromatic rings. The number of amides is 1. The van der Waals surface area contributed by atoms with Crippen molar-refractivity contribution in [1.29, 1.82) is 0 Å². The van der Waals surface area contributed by atoms with E-state index in [-0.39, 0.29) is 12.1 Å². The number of carbonyl (C=O) groups is 1. The van der Waals surface area contributed by atoms with Gasteiger partial charge in [0.2, 0.25) is 0 Å². The molecule has 0 atom stereocenters. The third kappa shape index (κ3) is 3.52. The summed E-state index contributed by atoms with van der Waals surface area (Å²) in [4.78, 5) is 39.2. The molecule has 8 nitrogen and oxygen atoms in total. The minimum atomic E-state index is -0.708. The zero-order chi connectivity index (χ0) is 17.8. The lowest BCUT2D eigenvalue weighted by Crippen LogP contribution is -2.39. The minimum absolute atomic E-state index is 0.0680. The summed E-state index contributed by atoms with van der Waals surface area (Å²) in [6, 6.07) is 9.99. The average molecular weight is 341 g/mol. The normalized spacial score (nSPS) is 10.4. The lowest BCUT2D eigenvalue weighted by Gasteiger charge is -2.08. The van der Waals surface area contributed by atoms with Gasteiger partial charge < -0.3 is 19.5 Å². The van der Waals surface area contributed by atoms with Crippen LogP contribution in [0.2, 0.25) is 0 Å². The highest BCUT2D eigenvalue weighted by molar-refractivity contribution is 6.03. The van der Waals surface area contributed by atoms with Crippen molar-refractivity contribution in [3.05, 3.63) is 81.0 Å². The number of nitrogens with one attached hydrogen (secondary N) is 2. The molecule has 1 aromatic carbocycles. The van der Waals surface area contributed by atoms with E-state index in [0.29, 0.717) is 17.2 Å². The molecule has 8 heteroatoms. The first kappa shape index (κ1) is 16.3. The number of benzene rings is 1. The topological polar surface area (TPSA) is 106 Å². The molecule has 128 valence electrons. The number of furan rings is 1. The van der Waals surface area contributed by atoms with E-state index in [4.69, 9.17) is 9.15 Å². The molecule has 1 amide bonds. The third-order valence-corrected chi connectivity index (χ3v) is 3.53. The van der Waals surface area contributed by atoms with Gasteiger partial charge >= 0.3 is 5.69 Å². The zero-order valence-electron chi connectivity index (χ0n) is 13.3. The van der Waals surface area contributed by atoms with E-state index in [9.17, 15) is 14.4 Å². The zero-order valence-corrected chi connectivity index (χ0v) is 13.3. The van der Waals surface area contributed by atoms with Crippen LogP contribution in [0, 0.1) is 0 Å². The Balaban J connectivity index is 1.90. The van der Waals surface area contributed by atoms with E-state index in [2.05, 4.69) is 10.3 Å². The van der Waals surface area contributed by atoms with E-state index in [1.165, 1.54) is 13.4 Å². The summed E-state index contributed by atoms with van der Waals surface area (Å²) in [6.07, 6.45) is 2.53. The van der Waals surface area contributed by atoms with Gasteiger partial charge in [0.25, 0.3) is 11.5 Å². The fourth-order valence-electron chi connectivity index (χ4n) is 2.28. The van der Waals surface area contributed by atoms with Crippen molar-refractivity contribution >= 4 is 11.6 Å². The Morgan fingerprint density at radius 2 is 2.12 bits per heavy atom. The number of carbonyl (C=O) groups excluding carboxylic acids is 1. The minimum Gasteiger partial charge on any atom is -0.497 e. The highest BCUT2D eigenvalue weighted by atomic mass is 16.5. The summed E-state index contributed by atoms with van der Waals surface area (Å²) in [5.41, 5.74) is -1.05. The van der Waals surface area contributed by atoms with Crippen LogP contribution in [0.1, 0.15) is 16.1 Å². The van der Waals surface area contributed by atoms with Gasteiger partial charge in [-0.05, 0) is 24.3 Å². The predicted octanol–water partition coefficient (Wildman–Crippen LogP) is 1.44. The molecule has 0 aliphatic carbocycles. The lowest BCUT2D eigenvalue weighted by molar-refractivity contribution is 0.102. The molecule has 0 bridgehead atoms. The first-order valence-corrected chi connectivity index (χ1v) is 7.39. The molecule has 0 unspecified atom stereocenters. The monoisotopic (exact) mass is 341 g/mol. The molecule has 0 radical (unpaired) electrons. The first-order chi connectivity index (χ1) is 12.1. The van der Waals surface area contributed by atoms with Crippen molar-refractivity contribution < 1.29 is 13.9 Å². The molecule has 0 saturated heterocycles. The van der Waals surface area contributed by atoms with E-state index in [1.807, 2.05) is 0 Å². The average Bonchev–Trinajstić information content (AvgIpc) is 3.12. The number of hydrogen-bond donors (Lipinski definition) is 2. The van der Waals surface area contributed by atoms with E-state index < -0.39 is 17.2 Å². The number of nitrogens with zero attached hydrogens (tertiary/aromatic N) is 1. The highest BCUT2D eigenvalue weighted by Gasteiger charge is 2.16. The Labute approximate surface area is 141 Å². The molecule has 25 heavy (non-hydrogen) atoms. The second-order valence-electron chi connectivity index (χ2n) is 5.16. The van der Waals surface area contributed by atoms with Crippen LogP contribution < -0.4 is 21.3 Å². The quantitative estimate of drug-likeness (QED) is 0.730. The Morgan fingerprint density at radius 3 is 2.84 bits per heavy atom. The number of hydrogen-bond acceptors (Lipinski definition) is 5. The molecular formula is C17H15N3O5. The van der Waals surface area contributed by atoms with Gasteiger partial charge in [0.15, 0.2) is 0 Å². The number of anilines is 1. The Bertz CT molecular complexity index is 1000. The van der Waals surface area contributed by atoms with Crippen molar-refractivity contribution in [3.63, 3.8) is 0 Å². The number of ether oxygens (including phenoxy) is 1. The largest absolute Gasteiger partial charge is 0.497 e. The smallest absolute Gasteiger partial charge is 0.328 e. The number of aromatic nitrogens is 2. The number of rotatable bonds is 5. The summed E-state index contributed by atoms with van der Waals surface area (Å²) in [5.74, 6) is 0.357. The van der Waals surface area contributed by atoms with E-state index in [0.717, 1.165) is 10.8 Å². The number of methoxy groups -OCH3 is 1. The fraction of sp³-hybridized carbons (Fsp3) is 0.118. The van der Waals surface area contributed by atoms with Crippen LogP contribution in [-0.4, -0.2) is 22.6 Å². The number of aromatic amines is 1. The van der Waals surface area contributed by atoms with Crippen molar-refractivity contribution in [2.45, 2.75) is 6.54 Å². The standard InChI is InChI=1S/C17H15N3O5/c1-24-12-5-2-4-11(8-12)19-15(21)14-9-18-17(23)20(16(14)22)10-13-6-3-7-25-13/h2-9H,10H2,1H3,(H,18,23)(H,19,21). The highest BCUT2D eigenvalue weighted by Crippen LogP contribution is 2.17. The van der Waals surface area contributed by atoms with Crippen LogP contribution >= 0.6 is 0 Å². The fourth-order valence-corrected chi connectivity index (χ4v) is 2.28. The van der Waals surface area contributed by atoms with Crippen LogP contribution in [0.4, 0.5) is 5.69 Å². The van der Waals surface area contributed by atoms with Crippen molar-refractivity contribution in [3.8, 4) is 5.75 Å². The molecule has 0 aliphatic heterocycles. The molecule has 0 saturated carbocycles. The second kappa shape index (κ2) is 6.91. The van der Waals surface area contributed by atoms with Crippen LogP contribution in [-0.2, 0) is 6.54 Å². The summed E-state index contributed by atoms with van der Waals surface area (Å²) in [5, 5.41) is 2.60. The van der Waals surface area contributed by atoms with Crippen molar-refractivity contribution in [2.24, 2.45) is 0 Å². The van der Waals surface area contributed by atoms with E-state index >= 15 is 0 Å². The first-order valence-electron chi connectivity index (χ1n) is 7.39. The number of H-pyrrole nitrogens is 1. The summed E-state index contributed by atoms with van der Waals surface area (Å²) < 4.78 is 11.1. The summed E-state index contributed by atoms with van der Waals surface area (Å²) in [7, 11) is 1.51. The van der Waals surface area contributed by atoms with Gasteiger partial charge in [-0.1, -0.05) is 6.07 Å². The SMILES string of the molecule is COc1cccc(NC(=O)c2c[nH]c(=O)n(Cc3ccco3)c2=O)c1. The Kier molecular flexibility index (Phi) is 4.51.